The summed E-state index contributed by atoms with van der Waals surface area (Å²) < 4.78 is 11.7. The van der Waals surface area contributed by atoms with Crippen molar-refractivity contribution < 1.29 is 33.8 Å². The van der Waals surface area contributed by atoms with Gasteiger partial charge in [0.1, 0.15) is 18.6 Å². The molecule has 30 heavy (non-hydrogen) atoms. The molecule has 3 aliphatic heterocycles. The maximum atomic E-state index is 13.1. The molecule has 1 aliphatic carbocycles. The zero-order valence-electron chi connectivity index (χ0n) is 17.7. The van der Waals surface area contributed by atoms with E-state index in [0.29, 0.717) is 0 Å². The Morgan fingerprint density at radius 3 is 2.53 bits per heavy atom. The number of nitrogens with zero attached hydrogens (tertiary/aromatic N) is 1. The lowest BCUT2D eigenvalue weighted by Gasteiger charge is -2.36. The van der Waals surface area contributed by atoms with Crippen LogP contribution in [0.3, 0.4) is 0 Å². The number of Topliss-reactive ketones (excluding diaryl/α,β-unsaturated/α-hetero) is 2. The largest absolute Gasteiger partial charge is 0.461 e. The number of carbonyl (C=O) groups excluding carboxylic acids is 4. The number of rotatable bonds is 2. The van der Waals surface area contributed by atoms with Gasteiger partial charge in [-0.15, -0.1) is 0 Å². The van der Waals surface area contributed by atoms with Crippen LogP contribution < -0.4 is 0 Å². The summed E-state index contributed by atoms with van der Waals surface area (Å²) in [5.74, 6) is -4.00. The number of carbonyl (C=O) groups is 4. The maximum absolute atomic E-state index is 13.1. The number of cyclic esters (lactones) is 1. The molecule has 8 nitrogen and oxygen atoms in total. The molecule has 0 bridgehead atoms. The van der Waals surface area contributed by atoms with Crippen LogP contribution in [0.1, 0.15) is 34.1 Å². The van der Waals surface area contributed by atoms with Crippen molar-refractivity contribution in [3.63, 3.8) is 0 Å². The van der Waals surface area contributed by atoms with Gasteiger partial charge in [0.25, 0.3) is 0 Å². The van der Waals surface area contributed by atoms with Gasteiger partial charge in [-0.25, -0.2) is 0 Å². The predicted octanol–water partition coefficient (Wildman–Crippen LogP) is 0.574. The minimum Gasteiger partial charge on any atom is -0.461 e. The van der Waals surface area contributed by atoms with Crippen LogP contribution in [-0.4, -0.2) is 69.9 Å². The smallest absolute Gasteiger partial charge is 0.314 e. The molecule has 0 aromatic rings. The number of fused-ring (bicyclic) bond motifs is 4. The number of hydrogen-bond donors (Lipinski definition) is 1. The van der Waals surface area contributed by atoms with E-state index in [0.717, 1.165) is 11.6 Å². The van der Waals surface area contributed by atoms with Crippen LogP contribution in [0.5, 0.6) is 0 Å². The molecule has 9 atom stereocenters. The van der Waals surface area contributed by atoms with E-state index in [-0.39, 0.29) is 11.7 Å². The average Bonchev–Trinajstić information content (AvgIpc) is 2.93. The molecule has 0 amide bonds. The number of hydrogen-bond acceptors (Lipinski definition) is 8. The molecule has 8 heteroatoms. The molecular weight excluding hydrogens is 390 g/mol. The molecule has 4 rings (SSSR count). The summed E-state index contributed by atoms with van der Waals surface area (Å²) in [6.07, 6.45) is 1.92. The van der Waals surface area contributed by atoms with Gasteiger partial charge < -0.3 is 14.6 Å². The fraction of sp³-hybridized carbons (Fsp3) is 0.636. The zero-order chi connectivity index (χ0) is 22.2. The van der Waals surface area contributed by atoms with Crippen LogP contribution >= 0.6 is 0 Å². The Hall–Kier alpha value is -2.16. The Morgan fingerprint density at radius 2 is 1.90 bits per heavy atom. The summed E-state index contributed by atoms with van der Waals surface area (Å²) >= 11 is 0. The van der Waals surface area contributed by atoms with Gasteiger partial charge in [-0.05, 0) is 27.0 Å². The van der Waals surface area contributed by atoms with Crippen LogP contribution in [0.25, 0.3) is 0 Å². The van der Waals surface area contributed by atoms with E-state index in [9.17, 15) is 24.3 Å². The first kappa shape index (κ1) is 21.1. The van der Waals surface area contributed by atoms with Crippen molar-refractivity contribution in [2.24, 2.45) is 17.8 Å². The molecule has 0 radical (unpaired) electrons. The Bertz CT molecular complexity index is 907. The minimum atomic E-state index is -1.17. The number of ether oxygens (including phenoxy) is 2. The van der Waals surface area contributed by atoms with Gasteiger partial charge in [0, 0.05) is 11.8 Å². The van der Waals surface area contributed by atoms with E-state index in [1.165, 1.54) is 6.08 Å². The molecule has 3 fully saturated rings. The molecule has 2 saturated heterocycles. The first-order valence-corrected chi connectivity index (χ1v) is 10.2. The topological polar surface area (TPSA) is 110 Å². The number of ketones is 3. The lowest BCUT2D eigenvalue weighted by molar-refractivity contribution is -0.161. The van der Waals surface area contributed by atoms with Crippen molar-refractivity contribution in [3.05, 3.63) is 23.8 Å². The highest BCUT2D eigenvalue weighted by molar-refractivity contribution is 6.43. The molecule has 1 saturated carbocycles. The zero-order valence-corrected chi connectivity index (χ0v) is 17.7. The quantitative estimate of drug-likeness (QED) is 0.301. The first-order chi connectivity index (χ1) is 13.9. The van der Waals surface area contributed by atoms with Crippen molar-refractivity contribution >= 4 is 23.3 Å². The molecule has 0 spiro atoms. The van der Waals surface area contributed by atoms with Crippen LogP contribution in [0.2, 0.25) is 0 Å². The molecule has 0 aromatic heterocycles. The maximum Gasteiger partial charge on any atom is 0.314 e. The fourth-order valence-corrected chi connectivity index (χ4v) is 5.52. The van der Waals surface area contributed by atoms with Gasteiger partial charge in [0.15, 0.2) is 11.5 Å². The van der Waals surface area contributed by atoms with Crippen LogP contribution in [0, 0.1) is 17.8 Å². The van der Waals surface area contributed by atoms with Crippen LogP contribution in [0.15, 0.2) is 23.8 Å². The summed E-state index contributed by atoms with van der Waals surface area (Å²) in [5.41, 5.74) is -1.01. The van der Waals surface area contributed by atoms with Crippen molar-refractivity contribution in [2.75, 3.05) is 7.05 Å². The van der Waals surface area contributed by atoms with Gasteiger partial charge in [0.05, 0.1) is 17.6 Å². The number of likely N-dealkylation sites (N-methyl/N-ethyl adjacent to an activating group) is 1. The Kier molecular flexibility index (Phi) is 4.69. The second-order valence-electron chi connectivity index (χ2n) is 9.17. The lowest BCUT2D eigenvalue weighted by Crippen LogP contribution is -2.58. The second kappa shape index (κ2) is 6.67. The summed E-state index contributed by atoms with van der Waals surface area (Å²) in [6, 6.07) is 0. The normalized spacial score (nSPS) is 49.6. The Labute approximate surface area is 174 Å². The summed E-state index contributed by atoms with van der Waals surface area (Å²) in [7, 11) is 1.76. The molecule has 1 N–H and O–H groups in total. The number of allylic oxidation sites excluding steroid dienone is 3. The Balaban J connectivity index is 1.58. The van der Waals surface area contributed by atoms with Crippen LogP contribution in [-0.2, 0) is 28.7 Å². The highest BCUT2D eigenvalue weighted by Crippen LogP contribution is 2.70. The third-order valence-electron chi connectivity index (χ3n) is 7.46. The predicted molar refractivity (Wildman–Crippen MR) is 104 cm³/mol. The van der Waals surface area contributed by atoms with E-state index < -0.39 is 65.4 Å². The SMILES string of the molecule is CC1=C/C(C)C(C(C)C2OC3C(C2=O)C2(O)N(C)C32C)OC(=O)CC(=O)C(=O)/C=C\1. The molecule has 4 aliphatic rings. The second-order valence-corrected chi connectivity index (χ2v) is 9.17. The van der Waals surface area contributed by atoms with Gasteiger partial charge in [-0.3, -0.25) is 24.1 Å². The van der Waals surface area contributed by atoms with E-state index in [1.54, 1.807) is 25.8 Å². The molecule has 162 valence electrons. The highest BCUT2D eigenvalue weighted by atomic mass is 16.6. The number of aliphatic hydroxyl groups is 1. The van der Waals surface area contributed by atoms with E-state index in [2.05, 4.69) is 0 Å². The van der Waals surface area contributed by atoms with Gasteiger partial charge in [0.2, 0.25) is 11.6 Å². The van der Waals surface area contributed by atoms with Crippen LogP contribution in [0.4, 0.5) is 0 Å². The van der Waals surface area contributed by atoms with Gasteiger partial charge in [-0.2, -0.15) is 0 Å². The number of likely N-dealkylation sites (tertiary alicyclic amines) is 1. The summed E-state index contributed by atoms with van der Waals surface area (Å²) in [4.78, 5) is 50.9. The monoisotopic (exact) mass is 417 g/mol. The lowest BCUT2D eigenvalue weighted by atomic mass is 9.68. The standard InChI is InChI=1S/C22H27NO7/c1-10-6-7-13(24)14(25)9-15(26)29-18(11(2)8-10)12(3)19-17(27)16-20(30-19)21(4)22(16,28)23(21)5/h6-8,11-12,16,18-20,28H,9H2,1-5H3/b7-6-,10-8-. The molecule has 0 aromatic carbocycles. The van der Waals surface area contributed by atoms with Crippen molar-refractivity contribution in [1.29, 1.82) is 0 Å². The third-order valence-corrected chi connectivity index (χ3v) is 7.46. The van der Waals surface area contributed by atoms with E-state index in [1.807, 2.05) is 19.9 Å². The highest BCUT2D eigenvalue weighted by Gasteiger charge is 2.92. The van der Waals surface area contributed by atoms with E-state index in [4.69, 9.17) is 9.47 Å². The van der Waals surface area contributed by atoms with Gasteiger partial charge in [-0.1, -0.05) is 31.6 Å². The minimum absolute atomic E-state index is 0.193. The van der Waals surface area contributed by atoms with E-state index >= 15 is 0 Å². The molecule has 3 heterocycles. The average molecular weight is 417 g/mol. The van der Waals surface area contributed by atoms with Gasteiger partial charge >= 0.3 is 5.97 Å². The Morgan fingerprint density at radius 1 is 1.23 bits per heavy atom. The third kappa shape index (κ3) is 2.63. The van der Waals surface area contributed by atoms with Crippen molar-refractivity contribution in [2.45, 2.75) is 63.7 Å². The summed E-state index contributed by atoms with van der Waals surface area (Å²) in [6.45, 7) is 7.27. The van der Waals surface area contributed by atoms with Crippen molar-refractivity contribution in [1.82, 2.24) is 4.90 Å². The fourth-order valence-electron chi connectivity index (χ4n) is 5.52. The summed E-state index contributed by atoms with van der Waals surface area (Å²) in [5, 5.41) is 10.8. The molecular formula is C22H27NO7. The van der Waals surface area contributed by atoms with Crippen molar-refractivity contribution in [3.8, 4) is 0 Å². The first-order valence-electron chi connectivity index (χ1n) is 10.2. The molecule has 9 unspecified atom stereocenters. The number of esters is 1.